The number of aryl methyl sites for hydroxylation is 2. The molecule has 156 valence electrons. The quantitative estimate of drug-likeness (QED) is 0.306. The summed E-state index contributed by atoms with van der Waals surface area (Å²) in [7, 11) is 0. The number of rotatable bonds is 7. The zero-order chi connectivity index (χ0) is 20.1. The summed E-state index contributed by atoms with van der Waals surface area (Å²) in [4.78, 5) is 4.56. The van der Waals surface area contributed by atoms with Gasteiger partial charge in [-0.05, 0) is 68.4 Å². The van der Waals surface area contributed by atoms with Crippen molar-refractivity contribution >= 4 is 23.4 Å². The normalized spacial score (nSPS) is 17.5. The van der Waals surface area contributed by atoms with Crippen molar-refractivity contribution in [3.05, 3.63) is 35.2 Å². The first-order valence-corrected chi connectivity index (χ1v) is 12.1. The van der Waals surface area contributed by atoms with Crippen LogP contribution in [0, 0.1) is 0 Å². The third-order valence-corrected chi connectivity index (χ3v) is 6.75. The Morgan fingerprint density at radius 1 is 1.21 bits per heavy atom. The van der Waals surface area contributed by atoms with E-state index in [0.29, 0.717) is 18.5 Å². The van der Waals surface area contributed by atoms with Gasteiger partial charge in [-0.15, -0.1) is 10.2 Å². The van der Waals surface area contributed by atoms with Crippen LogP contribution in [0.5, 0.6) is 0 Å². The molecule has 0 spiro atoms. The number of nitrogens with two attached hydrogens (primary N) is 1. The molecule has 4 rings (SSSR count). The Balaban J connectivity index is 1.34. The van der Waals surface area contributed by atoms with Crippen molar-refractivity contribution in [1.82, 2.24) is 14.8 Å². The summed E-state index contributed by atoms with van der Waals surface area (Å²) < 4.78 is 2.37. The van der Waals surface area contributed by atoms with Crippen LogP contribution in [0.3, 0.4) is 0 Å². The zero-order valence-electron chi connectivity index (χ0n) is 17.4. The second kappa shape index (κ2) is 9.65. The van der Waals surface area contributed by atoms with Crippen LogP contribution in [0.25, 0.3) is 0 Å². The third kappa shape index (κ3) is 4.77. The van der Waals surface area contributed by atoms with Gasteiger partial charge >= 0.3 is 0 Å². The van der Waals surface area contributed by atoms with Crippen molar-refractivity contribution in [2.45, 2.75) is 75.4 Å². The molecule has 3 N–H and O–H groups in total. The molecule has 0 atom stereocenters. The number of guanidine groups is 1. The summed E-state index contributed by atoms with van der Waals surface area (Å²) in [6, 6.07) is 7.03. The first-order chi connectivity index (χ1) is 14.3. The van der Waals surface area contributed by atoms with Gasteiger partial charge in [0.2, 0.25) is 0 Å². The van der Waals surface area contributed by atoms with Gasteiger partial charge in [0.15, 0.2) is 11.1 Å². The average Bonchev–Trinajstić information content (AvgIpc) is 3.41. The maximum Gasteiger partial charge on any atom is 0.193 e. The molecule has 0 amide bonds. The molecule has 0 saturated heterocycles. The summed E-state index contributed by atoms with van der Waals surface area (Å²) in [5, 5.41) is 13.2. The average molecular weight is 413 g/mol. The van der Waals surface area contributed by atoms with Gasteiger partial charge in [0.1, 0.15) is 5.82 Å². The highest BCUT2D eigenvalue weighted by Gasteiger charge is 2.23. The Kier molecular flexibility index (Phi) is 6.74. The molecular formula is C22H32N6S. The number of fused-ring (bicyclic) bond motifs is 1. The highest BCUT2D eigenvalue weighted by atomic mass is 32.2. The van der Waals surface area contributed by atoms with Crippen LogP contribution in [-0.4, -0.2) is 33.5 Å². The van der Waals surface area contributed by atoms with E-state index in [-0.39, 0.29) is 0 Å². The molecule has 1 heterocycles. The number of hydrogen-bond acceptors (Lipinski definition) is 4. The standard InChI is InChI=1S/C22H32N6S/c1-29-22-27-26-20(28(22)17-10-3-4-11-17)14-7-15-24-21(23)25-19-13-6-9-16-8-2-5-12-18(16)19/h6,9,13,17H,2-5,7-8,10-12,14-15H2,1H3,(H3,23,24,25). The maximum atomic E-state index is 6.18. The van der Waals surface area contributed by atoms with Gasteiger partial charge < -0.3 is 15.6 Å². The molecule has 7 heteroatoms. The zero-order valence-corrected chi connectivity index (χ0v) is 18.2. The number of thioether (sulfide) groups is 1. The lowest BCUT2D eigenvalue weighted by Gasteiger charge is -2.19. The molecule has 2 aliphatic rings. The molecule has 0 bridgehead atoms. The fourth-order valence-electron chi connectivity index (χ4n) is 4.66. The lowest BCUT2D eigenvalue weighted by molar-refractivity contribution is 0.461. The second-order valence-electron chi connectivity index (χ2n) is 8.06. The second-order valence-corrected chi connectivity index (χ2v) is 8.83. The van der Waals surface area contributed by atoms with Crippen LogP contribution < -0.4 is 11.1 Å². The maximum absolute atomic E-state index is 6.18. The summed E-state index contributed by atoms with van der Waals surface area (Å²) in [5.74, 6) is 1.60. The molecular weight excluding hydrogens is 380 g/mol. The van der Waals surface area contributed by atoms with Crippen LogP contribution in [-0.2, 0) is 19.3 Å². The monoisotopic (exact) mass is 412 g/mol. The van der Waals surface area contributed by atoms with Crippen LogP contribution in [0.1, 0.15) is 67.9 Å². The van der Waals surface area contributed by atoms with Crippen molar-refractivity contribution in [1.29, 1.82) is 0 Å². The molecule has 2 aliphatic carbocycles. The van der Waals surface area contributed by atoms with Crippen molar-refractivity contribution in [2.75, 3.05) is 18.1 Å². The van der Waals surface area contributed by atoms with Gasteiger partial charge in [-0.2, -0.15) is 0 Å². The van der Waals surface area contributed by atoms with E-state index in [4.69, 9.17) is 5.73 Å². The molecule has 2 aromatic rings. The van der Waals surface area contributed by atoms with Crippen molar-refractivity contribution < 1.29 is 0 Å². The molecule has 1 fully saturated rings. The van der Waals surface area contributed by atoms with Crippen LogP contribution in [0.4, 0.5) is 5.69 Å². The minimum absolute atomic E-state index is 0.506. The number of nitrogens with zero attached hydrogens (tertiary/aromatic N) is 4. The Morgan fingerprint density at radius 3 is 2.86 bits per heavy atom. The van der Waals surface area contributed by atoms with Crippen LogP contribution in [0.15, 0.2) is 28.3 Å². The number of benzene rings is 1. The van der Waals surface area contributed by atoms with Crippen LogP contribution in [0.2, 0.25) is 0 Å². The molecule has 1 aromatic carbocycles. The minimum Gasteiger partial charge on any atom is -0.370 e. The Morgan fingerprint density at radius 2 is 2.03 bits per heavy atom. The predicted octanol–water partition coefficient (Wildman–Crippen LogP) is 4.35. The fraction of sp³-hybridized carbons (Fsp3) is 0.591. The van der Waals surface area contributed by atoms with E-state index in [1.807, 2.05) is 0 Å². The van der Waals surface area contributed by atoms with Gasteiger partial charge in [0.05, 0.1) is 0 Å². The number of nitrogens with one attached hydrogen (secondary N) is 1. The summed E-state index contributed by atoms with van der Waals surface area (Å²) in [6.07, 6.45) is 13.8. The third-order valence-electron chi connectivity index (χ3n) is 6.11. The molecule has 0 unspecified atom stereocenters. The van der Waals surface area contributed by atoms with E-state index in [1.54, 1.807) is 11.8 Å². The smallest absolute Gasteiger partial charge is 0.193 e. The number of hydrogen-bond donors (Lipinski definition) is 2. The summed E-state index contributed by atoms with van der Waals surface area (Å²) in [6.45, 7) is 0.694. The lowest BCUT2D eigenvalue weighted by Crippen LogP contribution is -2.24. The number of aromatic nitrogens is 3. The molecule has 1 saturated carbocycles. The largest absolute Gasteiger partial charge is 0.370 e. The Bertz CT molecular complexity index is 853. The van der Waals surface area contributed by atoms with E-state index < -0.39 is 0 Å². The van der Waals surface area contributed by atoms with E-state index >= 15 is 0 Å². The summed E-state index contributed by atoms with van der Waals surface area (Å²) >= 11 is 1.69. The topological polar surface area (TPSA) is 81.1 Å². The van der Waals surface area contributed by atoms with Gasteiger partial charge in [-0.1, -0.05) is 36.7 Å². The predicted molar refractivity (Wildman–Crippen MR) is 121 cm³/mol. The van der Waals surface area contributed by atoms with Gasteiger partial charge in [0.25, 0.3) is 0 Å². The number of aliphatic imine (C=N–C) groups is 1. The Labute approximate surface area is 177 Å². The van der Waals surface area contributed by atoms with E-state index in [1.165, 1.54) is 56.1 Å². The highest BCUT2D eigenvalue weighted by Crippen LogP contribution is 2.33. The highest BCUT2D eigenvalue weighted by molar-refractivity contribution is 7.98. The van der Waals surface area contributed by atoms with E-state index in [9.17, 15) is 0 Å². The molecule has 1 aromatic heterocycles. The van der Waals surface area contributed by atoms with E-state index in [2.05, 4.69) is 49.5 Å². The summed E-state index contributed by atoms with van der Waals surface area (Å²) in [5.41, 5.74) is 10.2. The SMILES string of the molecule is CSc1nnc(CCCN=C(N)Nc2cccc3c2CCCC3)n1C1CCCC1. The Hall–Kier alpha value is -2.02. The van der Waals surface area contributed by atoms with Crippen molar-refractivity contribution in [3.8, 4) is 0 Å². The number of anilines is 1. The van der Waals surface area contributed by atoms with E-state index in [0.717, 1.165) is 35.9 Å². The molecule has 29 heavy (non-hydrogen) atoms. The fourth-order valence-corrected chi connectivity index (χ4v) is 5.23. The van der Waals surface area contributed by atoms with Crippen molar-refractivity contribution in [2.24, 2.45) is 10.7 Å². The molecule has 0 aliphatic heterocycles. The molecule has 6 nitrogen and oxygen atoms in total. The van der Waals surface area contributed by atoms with Gasteiger partial charge in [0, 0.05) is 24.7 Å². The lowest BCUT2D eigenvalue weighted by atomic mass is 9.90. The first kappa shape index (κ1) is 20.3. The van der Waals surface area contributed by atoms with Crippen LogP contribution >= 0.6 is 11.8 Å². The minimum atomic E-state index is 0.506. The van der Waals surface area contributed by atoms with Crippen molar-refractivity contribution in [3.63, 3.8) is 0 Å². The van der Waals surface area contributed by atoms with Gasteiger partial charge in [-0.3, -0.25) is 4.99 Å². The van der Waals surface area contributed by atoms with Gasteiger partial charge in [-0.25, -0.2) is 0 Å². The molecule has 0 radical (unpaired) electrons. The first-order valence-electron chi connectivity index (χ1n) is 10.9.